The SMILES string of the molecule is COc1cccc(C#Cc2ccccc2C=O)c1. The molecule has 0 radical (unpaired) electrons. The van der Waals surface area contributed by atoms with Crippen molar-refractivity contribution in [3.8, 4) is 17.6 Å². The number of aldehydes is 1. The molecule has 0 aliphatic carbocycles. The molecule has 0 unspecified atom stereocenters. The molecule has 0 heterocycles. The molecule has 2 nitrogen and oxygen atoms in total. The van der Waals surface area contributed by atoms with Crippen LogP contribution in [0, 0.1) is 11.8 Å². The van der Waals surface area contributed by atoms with E-state index in [-0.39, 0.29) is 0 Å². The molecule has 0 saturated carbocycles. The van der Waals surface area contributed by atoms with Crippen LogP contribution >= 0.6 is 0 Å². The molecule has 0 N–H and O–H groups in total. The Morgan fingerprint density at radius 2 is 1.89 bits per heavy atom. The molecule has 0 aliphatic heterocycles. The van der Waals surface area contributed by atoms with E-state index in [1.54, 1.807) is 13.2 Å². The van der Waals surface area contributed by atoms with Gasteiger partial charge in [0.05, 0.1) is 7.11 Å². The van der Waals surface area contributed by atoms with Crippen LogP contribution in [0.25, 0.3) is 0 Å². The minimum atomic E-state index is 0.605. The summed E-state index contributed by atoms with van der Waals surface area (Å²) in [5, 5.41) is 0. The highest BCUT2D eigenvalue weighted by Crippen LogP contribution is 2.12. The van der Waals surface area contributed by atoms with Crippen LogP contribution in [0.3, 0.4) is 0 Å². The Bertz CT molecular complexity index is 618. The van der Waals surface area contributed by atoms with E-state index in [4.69, 9.17) is 4.74 Å². The van der Waals surface area contributed by atoms with E-state index in [0.717, 1.165) is 23.2 Å². The third-order valence-electron chi connectivity index (χ3n) is 2.50. The van der Waals surface area contributed by atoms with E-state index in [0.29, 0.717) is 5.56 Å². The summed E-state index contributed by atoms with van der Waals surface area (Å²) in [5.74, 6) is 6.79. The van der Waals surface area contributed by atoms with Crippen molar-refractivity contribution in [2.45, 2.75) is 0 Å². The van der Waals surface area contributed by atoms with Gasteiger partial charge in [-0.05, 0) is 24.3 Å². The van der Waals surface area contributed by atoms with Gasteiger partial charge >= 0.3 is 0 Å². The Morgan fingerprint density at radius 1 is 1.06 bits per heavy atom. The number of benzene rings is 2. The molecule has 0 aromatic heterocycles. The minimum absolute atomic E-state index is 0.605. The lowest BCUT2D eigenvalue weighted by Crippen LogP contribution is -1.86. The van der Waals surface area contributed by atoms with Gasteiger partial charge in [0, 0.05) is 16.7 Å². The van der Waals surface area contributed by atoms with E-state index in [1.165, 1.54) is 0 Å². The van der Waals surface area contributed by atoms with Crippen molar-refractivity contribution in [3.05, 3.63) is 65.2 Å². The molecule has 18 heavy (non-hydrogen) atoms. The Morgan fingerprint density at radius 3 is 2.67 bits per heavy atom. The van der Waals surface area contributed by atoms with E-state index in [1.807, 2.05) is 42.5 Å². The van der Waals surface area contributed by atoms with Gasteiger partial charge in [0.2, 0.25) is 0 Å². The van der Waals surface area contributed by atoms with Crippen LogP contribution in [0.1, 0.15) is 21.5 Å². The second kappa shape index (κ2) is 5.70. The lowest BCUT2D eigenvalue weighted by molar-refractivity contribution is 0.112. The van der Waals surface area contributed by atoms with Crippen molar-refractivity contribution in [2.24, 2.45) is 0 Å². The average molecular weight is 236 g/mol. The van der Waals surface area contributed by atoms with Crippen LogP contribution in [-0.4, -0.2) is 13.4 Å². The monoisotopic (exact) mass is 236 g/mol. The lowest BCUT2D eigenvalue weighted by Gasteiger charge is -1.98. The van der Waals surface area contributed by atoms with Crippen molar-refractivity contribution in [1.29, 1.82) is 0 Å². The molecular weight excluding hydrogens is 224 g/mol. The van der Waals surface area contributed by atoms with Gasteiger partial charge in [-0.1, -0.05) is 36.1 Å². The normalized spacial score (nSPS) is 9.17. The third kappa shape index (κ3) is 2.78. The van der Waals surface area contributed by atoms with Gasteiger partial charge < -0.3 is 4.74 Å². The molecule has 0 amide bonds. The predicted octanol–water partition coefficient (Wildman–Crippen LogP) is 2.91. The van der Waals surface area contributed by atoms with Crippen molar-refractivity contribution >= 4 is 6.29 Å². The summed E-state index contributed by atoms with van der Waals surface area (Å²) in [5.41, 5.74) is 2.19. The molecule has 0 fully saturated rings. The molecule has 88 valence electrons. The van der Waals surface area contributed by atoms with E-state index in [2.05, 4.69) is 11.8 Å². The smallest absolute Gasteiger partial charge is 0.151 e. The molecular formula is C16H12O2. The van der Waals surface area contributed by atoms with Gasteiger partial charge in [-0.2, -0.15) is 0 Å². The van der Waals surface area contributed by atoms with E-state index in [9.17, 15) is 4.79 Å². The van der Waals surface area contributed by atoms with Crippen LogP contribution in [0.2, 0.25) is 0 Å². The second-order valence-corrected chi connectivity index (χ2v) is 3.69. The molecule has 2 heteroatoms. The van der Waals surface area contributed by atoms with Crippen molar-refractivity contribution in [3.63, 3.8) is 0 Å². The summed E-state index contributed by atoms with van der Waals surface area (Å²) >= 11 is 0. The summed E-state index contributed by atoms with van der Waals surface area (Å²) in [6.07, 6.45) is 0.815. The Labute approximate surface area is 106 Å². The van der Waals surface area contributed by atoms with Crippen molar-refractivity contribution < 1.29 is 9.53 Å². The number of rotatable bonds is 2. The maximum absolute atomic E-state index is 10.9. The molecule has 0 aliphatic rings. The summed E-state index contributed by atoms with van der Waals surface area (Å²) < 4.78 is 5.13. The number of hydrogen-bond donors (Lipinski definition) is 0. The van der Waals surface area contributed by atoms with Gasteiger partial charge in [0.15, 0.2) is 6.29 Å². The summed E-state index contributed by atoms with van der Waals surface area (Å²) in [6.45, 7) is 0. The van der Waals surface area contributed by atoms with Gasteiger partial charge in [0.1, 0.15) is 5.75 Å². The number of ether oxygens (including phenoxy) is 1. The quantitative estimate of drug-likeness (QED) is 0.592. The number of carbonyl (C=O) groups is 1. The molecule has 0 saturated heterocycles. The average Bonchev–Trinajstić information content (AvgIpc) is 2.45. The second-order valence-electron chi connectivity index (χ2n) is 3.69. The first-order valence-corrected chi connectivity index (χ1v) is 5.54. The largest absolute Gasteiger partial charge is 0.497 e. The number of hydrogen-bond acceptors (Lipinski definition) is 2. The lowest BCUT2D eigenvalue weighted by atomic mass is 10.1. The molecule has 0 bridgehead atoms. The zero-order chi connectivity index (χ0) is 12.8. The fourth-order valence-electron chi connectivity index (χ4n) is 1.55. The zero-order valence-corrected chi connectivity index (χ0v) is 10.0. The molecule has 2 aromatic carbocycles. The van der Waals surface area contributed by atoms with Crippen LogP contribution in [0.5, 0.6) is 5.75 Å². The number of carbonyl (C=O) groups excluding carboxylic acids is 1. The predicted molar refractivity (Wildman–Crippen MR) is 70.8 cm³/mol. The zero-order valence-electron chi connectivity index (χ0n) is 10.0. The summed E-state index contributed by atoms with van der Waals surface area (Å²) in [4.78, 5) is 10.9. The maximum atomic E-state index is 10.9. The fourth-order valence-corrected chi connectivity index (χ4v) is 1.55. The first kappa shape index (κ1) is 11.9. The third-order valence-corrected chi connectivity index (χ3v) is 2.50. The van der Waals surface area contributed by atoms with Crippen LogP contribution in [-0.2, 0) is 0 Å². The van der Waals surface area contributed by atoms with Crippen LogP contribution in [0.4, 0.5) is 0 Å². The maximum Gasteiger partial charge on any atom is 0.151 e. The molecule has 0 atom stereocenters. The standard InChI is InChI=1S/C16H12O2/c1-18-16-8-4-5-13(11-16)9-10-14-6-2-3-7-15(14)12-17/h2-8,11-12H,1H3. The molecule has 2 rings (SSSR count). The Balaban J connectivity index is 2.33. The fraction of sp³-hybridized carbons (Fsp3) is 0.0625. The van der Waals surface area contributed by atoms with Crippen molar-refractivity contribution in [1.82, 2.24) is 0 Å². The van der Waals surface area contributed by atoms with Crippen LogP contribution < -0.4 is 4.74 Å². The van der Waals surface area contributed by atoms with Gasteiger partial charge in [-0.25, -0.2) is 0 Å². The highest BCUT2D eigenvalue weighted by Gasteiger charge is 1.96. The first-order chi connectivity index (χ1) is 8.83. The van der Waals surface area contributed by atoms with E-state index < -0.39 is 0 Å². The molecule has 2 aromatic rings. The number of methoxy groups -OCH3 is 1. The minimum Gasteiger partial charge on any atom is -0.497 e. The molecule has 0 spiro atoms. The van der Waals surface area contributed by atoms with Gasteiger partial charge in [-0.3, -0.25) is 4.79 Å². The Hall–Kier alpha value is -2.53. The van der Waals surface area contributed by atoms with Gasteiger partial charge in [0.25, 0.3) is 0 Å². The summed E-state index contributed by atoms with van der Waals surface area (Å²) in [6, 6.07) is 14.8. The first-order valence-electron chi connectivity index (χ1n) is 5.54. The van der Waals surface area contributed by atoms with Crippen LogP contribution in [0.15, 0.2) is 48.5 Å². The van der Waals surface area contributed by atoms with Crippen molar-refractivity contribution in [2.75, 3.05) is 7.11 Å². The van der Waals surface area contributed by atoms with E-state index >= 15 is 0 Å². The Kier molecular flexibility index (Phi) is 3.78. The van der Waals surface area contributed by atoms with Gasteiger partial charge in [-0.15, -0.1) is 0 Å². The highest BCUT2D eigenvalue weighted by molar-refractivity contribution is 5.79. The summed E-state index contributed by atoms with van der Waals surface area (Å²) in [7, 11) is 1.62. The topological polar surface area (TPSA) is 26.3 Å². The highest BCUT2D eigenvalue weighted by atomic mass is 16.5.